The highest BCUT2D eigenvalue weighted by molar-refractivity contribution is 6.07. The van der Waals surface area contributed by atoms with Gasteiger partial charge in [0.05, 0.1) is 0 Å². The lowest BCUT2D eigenvalue weighted by molar-refractivity contribution is -0.136. The normalized spacial score (nSPS) is 18.4. The molecule has 2 aromatic rings. The Morgan fingerprint density at radius 2 is 1.97 bits per heavy atom. The van der Waals surface area contributed by atoms with E-state index in [1.807, 2.05) is 6.07 Å². The SMILES string of the molecule is NCc1ccccc1C(=O)Nc1ccc2c(c1)CN(C1CCC(=O)NC1=O)C2=O. The first kappa shape index (κ1) is 18.8. The summed E-state index contributed by atoms with van der Waals surface area (Å²) in [6.07, 6.45) is 0.516. The summed E-state index contributed by atoms with van der Waals surface area (Å²) in [6, 6.07) is 11.5. The van der Waals surface area contributed by atoms with Crippen molar-refractivity contribution in [2.45, 2.75) is 32.0 Å². The Kier molecular flexibility index (Phi) is 4.85. The Bertz CT molecular complexity index is 1030. The molecule has 148 valence electrons. The van der Waals surface area contributed by atoms with E-state index in [1.54, 1.807) is 36.4 Å². The summed E-state index contributed by atoms with van der Waals surface area (Å²) < 4.78 is 0. The maximum atomic E-state index is 12.7. The van der Waals surface area contributed by atoms with Gasteiger partial charge in [-0.1, -0.05) is 18.2 Å². The van der Waals surface area contributed by atoms with Crippen LogP contribution in [-0.4, -0.2) is 34.6 Å². The molecular weight excluding hydrogens is 372 g/mol. The number of carbonyl (C=O) groups excluding carboxylic acids is 4. The molecule has 0 spiro atoms. The fourth-order valence-corrected chi connectivity index (χ4v) is 3.77. The molecule has 0 aliphatic carbocycles. The first-order valence-electron chi connectivity index (χ1n) is 9.35. The van der Waals surface area contributed by atoms with E-state index in [4.69, 9.17) is 5.73 Å². The van der Waals surface area contributed by atoms with Crippen molar-refractivity contribution < 1.29 is 19.2 Å². The van der Waals surface area contributed by atoms with Crippen LogP contribution in [0.25, 0.3) is 0 Å². The van der Waals surface area contributed by atoms with Crippen LogP contribution in [-0.2, 0) is 22.7 Å². The van der Waals surface area contributed by atoms with E-state index >= 15 is 0 Å². The summed E-state index contributed by atoms with van der Waals surface area (Å²) in [5, 5.41) is 5.12. The van der Waals surface area contributed by atoms with Gasteiger partial charge in [0.2, 0.25) is 11.8 Å². The van der Waals surface area contributed by atoms with E-state index in [-0.39, 0.29) is 37.2 Å². The molecule has 0 saturated carbocycles. The standard InChI is InChI=1S/C21H20N4O4/c22-10-12-3-1-2-4-15(12)19(27)23-14-5-6-16-13(9-14)11-25(21(16)29)17-7-8-18(26)24-20(17)28/h1-6,9,17H,7-8,10-11,22H2,(H,23,27)(H,24,26,28). The molecule has 1 unspecified atom stereocenters. The zero-order chi connectivity index (χ0) is 20.5. The van der Waals surface area contributed by atoms with Crippen molar-refractivity contribution in [2.75, 3.05) is 5.32 Å². The Balaban J connectivity index is 1.52. The molecule has 2 aliphatic heterocycles. The maximum absolute atomic E-state index is 12.7. The molecule has 1 atom stereocenters. The third-order valence-electron chi connectivity index (χ3n) is 5.26. The number of anilines is 1. The van der Waals surface area contributed by atoms with Gasteiger partial charge in [0, 0.05) is 36.3 Å². The average molecular weight is 392 g/mol. The number of imide groups is 1. The molecule has 2 aliphatic rings. The first-order valence-corrected chi connectivity index (χ1v) is 9.35. The van der Waals surface area contributed by atoms with Crippen LogP contribution in [0.2, 0.25) is 0 Å². The smallest absolute Gasteiger partial charge is 0.255 e. The van der Waals surface area contributed by atoms with Gasteiger partial charge < -0.3 is 16.0 Å². The molecule has 1 fully saturated rings. The average Bonchev–Trinajstić information content (AvgIpc) is 3.03. The molecule has 8 heteroatoms. The fraction of sp³-hybridized carbons (Fsp3) is 0.238. The predicted octanol–water partition coefficient (Wildman–Crippen LogP) is 1.16. The number of amides is 4. The number of carbonyl (C=O) groups is 4. The van der Waals surface area contributed by atoms with E-state index in [2.05, 4.69) is 10.6 Å². The molecule has 0 aromatic heterocycles. The Morgan fingerprint density at radius 1 is 1.17 bits per heavy atom. The van der Waals surface area contributed by atoms with E-state index in [0.717, 1.165) is 11.1 Å². The maximum Gasteiger partial charge on any atom is 0.255 e. The molecule has 2 heterocycles. The van der Waals surface area contributed by atoms with Gasteiger partial charge in [-0.3, -0.25) is 24.5 Å². The number of hydrogen-bond acceptors (Lipinski definition) is 5. The zero-order valence-electron chi connectivity index (χ0n) is 15.6. The quantitative estimate of drug-likeness (QED) is 0.674. The van der Waals surface area contributed by atoms with Crippen LogP contribution in [0.3, 0.4) is 0 Å². The predicted molar refractivity (Wildman–Crippen MR) is 105 cm³/mol. The lowest BCUT2D eigenvalue weighted by Gasteiger charge is -2.29. The lowest BCUT2D eigenvalue weighted by atomic mass is 10.0. The molecule has 1 saturated heterocycles. The number of hydrogen-bond donors (Lipinski definition) is 3. The molecule has 4 amide bonds. The molecular formula is C21H20N4O4. The number of benzene rings is 2. The summed E-state index contributed by atoms with van der Waals surface area (Å²) in [5.41, 5.74) is 8.71. The number of rotatable bonds is 4. The van der Waals surface area contributed by atoms with E-state index in [0.29, 0.717) is 23.2 Å². The molecule has 4 rings (SSSR count). The van der Waals surface area contributed by atoms with Gasteiger partial charge in [-0.05, 0) is 41.8 Å². The number of nitrogens with two attached hydrogens (primary N) is 1. The van der Waals surface area contributed by atoms with Gasteiger partial charge in [-0.2, -0.15) is 0 Å². The summed E-state index contributed by atoms with van der Waals surface area (Å²) in [7, 11) is 0. The zero-order valence-corrected chi connectivity index (χ0v) is 15.6. The largest absolute Gasteiger partial charge is 0.326 e. The number of fused-ring (bicyclic) bond motifs is 1. The van der Waals surface area contributed by atoms with Crippen LogP contribution in [0.4, 0.5) is 5.69 Å². The van der Waals surface area contributed by atoms with Gasteiger partial charge in [-0.25, -0.2) is 0 Å². The van der Waals surface area contributed by atoms with Crippen LogP contribution < -0.4 is 16.4 Å². The topological polar surface area (TPSA) is 122 Å². The molecule has 29 heavy (non-hydrogen) atoms. The Labute approximate surface area is 167 Å². The van der Waals surface area contributed by atoms with Crippen molar-refractivity contribution in [3.05, 3.63) is 64.7 Å². The third-order valence-corrected chi connectivity index (χ3v) is 5.26. The third kappa shape index (κ3) is 3.50. The monoisotopic (exact) mass is 392 g/mol. The van der Waals surface area contributed by atoms with E-state index in [9.17, 15) is 19.2 Å². The second-order valence-corrected chi connectivity index (χ2v) is 7.09. The summed E-state index contributed by atoms with van der Waals surface area (Å²) in [4.78, 5) is 50.3. The summed E-state index contributed by atoms with van der Waals surface area (Å²) in [5.74, 6) is -1.30. The van der Waals surface area contributed by atoms with E-state index in [1.165, 1.54) is 4.90 Å². The van der Waals surface area contributed by atoms with Crippen LogP contribution in [0, 0.1) is 0 Å². The van der Waals surface area contributed by atoms with Gasteiger partial charge >= 0.3 is 0 Å². The molecule has 4 N–H and O–H groups in total. The number of nitrogens with one attached hydrogen (secondary N) is 2. The highest BCUT2D eigenvalue weighted by Gasteiger charge is 2.39. The Morgan fingerprint density at radius 3 is 2.72 bits per heavy atom. The van der Waals surface area contributed by atoms with Crippen molar-refractivity contribution in [3.63, 3.8) is 0 Å². The van der Waals surface area contributed by atoms with Gasteiger partial charge in [0.1, 0.15) is 6.04 Å². The van der Waals surface area contributed by atoms with Crippen molar-refractivity contribution >= 4 is 29.3 Å². The van der Waals surface area contributed by atoms with Crippen LogP contribution >= 0.6 is 0 Å². The van der Waals surface area contributed by atoms with Gasteiger partial charge in [0.25, 0.3) is 11.8 Å². The minimum absolute atomic E-state index is 0.207. The highest BCUT2D eigenvalue weighted by atomic mass is 16.2. The number of nitrogens with zero attached hydrogens (tertiary/aromatic N) is 1. The second-order valence-electron chi connectivity index (χ2n) is 7.09. The van der Waals surface area contributed by atoms with Crippen LogP contribution in [0.5, 0.6) is 0 Å². The van der Waals surface area contributed by atoms with Gasteiger partial charge in [-0.15, -0.1) is 0 Å². The fourth-order valence-electron chi connectivity index (χ4n) is 3.77. The summed E-state index contributed by atoms with van der Waals surface area (Å²) >= 11 is 0. The molecule has 2 aromatic carbocycles. The minimum Gasteiger partial charge on any atom is -0.326 e. The lowest BCUT2D eigenvalue weighted by Crippen LogP contribution is -2.52. The second kappa shape index (κ2) is 7.48. The van der Waals surface area contributed by atoms with Gasteiger partial charge in [0.15, 0.2) is 0 Å². The molecule has 0 radical (unpaired) electrons. The van der Waals surface area contributed by atoms with Crippen molar-refractivity contribution in [1.29, 1.82) is 0 Å². The van der Waals surface area contributed by atoms with Crippen molar-refractivity contribution in [3.8, 4) is 0 Å². The highest BCUT2D eigenvalue weighted by Crippen LogP contribution is 2.29. The molecule has 8 nitrogen and oxygen atoms in total. The first-order chi connectivity index (χ1) is 14.0. The molecule has 0 bridgehead atoms. The van der Waals surface area contributed by atoms with Crippen molar-refractivity contribution in [1.82, 2.24) is 10.2 Å². The summed E-state index contributed by atoms with van der Waals surface area (Å²) in [6.45, 7) is 0.507. The minimum atomic E-state index is -0.665. The van der Waals surface area contributed by atoms with E-state index < -0.39 is 11.9 Å². The Hall–Kier alpha value is -3.52. The van der Waals surface area contributed by atoms with Crippen molar-refractivity contribution in [2.24, 2.45) is 5.73 Å². The van der Waals surface area contributed by atoms with Crippen LogP contribution in [0.15, 0.2) is 42.5 Å². The van der Waals surface area contributed by atoms with Crippen LogP contribution in [0.1, 0.15) is 44.7 Å². The number of piperidine rings is 1.